The molecule has 104 valence electrons. The SMILES string of the molecule is Cc1cc(C)c(C(N)=S)c(NCC2CCSCC2)n1. The van der Waals surface area contributed by atoms with Gasteiger partial charge in [-0.25, -0.2) is 4.98 Å². The molecule has 1 aromatic heterocycles. The lowest BCUT2D eigenvalue weighted by molar-refractivity contribution is 0.515. The molecule has 2 rings (SSSR count). The normalized spacial score (nSPS) is 16.3. The average molecular weight is 295 g/mol. The van der Waals surface area contributed by atoms with E-state index in [9.17, 15) is 0 Å². The summed E-state index contributed by atoms with van der Waals surface area (Å²) in [6.07, 6.45) is 2.57. The smallest absolute Gasteiger partial charge is 0.136 e. The van der Waals surface area contributed by atoms with E-state index in [4.69, 9.17) is 18.0 Å². The molecule has 0 spiro atoms. The highest BCUT2D eigenvalue weighted by Crippen LogP contribution is 2.24. The predicted octanol–water partition coefficient (Wildman–Crippen LogP) is 2.89. The zero-order valence-electron chi connectivity index (χ0n) is 11.5. The number of nitrogens with two attached hydrogens (primary N) is 1. The van der Waals surface area contributed by atoms with Gasteiger partial charge in [0, 0.05) is 12.2 Å². The molecule has 0 saturated carbocycles. The molecule has 3 nitrogen and oxygen atoms in total. The zero-order valence-corrected chi connectivity index (χ0v) is 13.2. The van der Waals surface area contributed by atoms with E-state index in [1.807, 2.05) is 31.7 Å². The van der Waals surface area contributed by atoms with Crippen LogP contribution < -0.4 is 11.1 Å². The first-order valence-corrected chi connectivity index (χ1v) is 8.24. The van der Waals surface area contributed by atoms with Crippen molar-refractivity contribution >= 4 is 34.8 Å². The van der Waals surface area contributed by atoms with Crippen LogP contribution in [0.4, 0.5) is 5.82 Å². The summed E-state index contributed by atoms with van der Waals surface area (Å²) in [5.41, 5.74) is 8.81. The lowest BCUT2D eigenvalue weighted by Gasteiger charge is -2.23. The monoisotopic (exact) mass is 295 g/mol. The molecule has 0 amide bonds. The van der Waals surface area contributed by atoms with Crippen LogP contribution in [0.25, 0.3) is 0 Å². The Kier molecular flexibility index (Phi) is 5.05. The van der Waals surface area contributed by atoms with Crippen LogP contribution in [0.15, 0.2) is 6.07 Å². The van der Waals surface area contributed by atoms with Gasteiger partial charge in [-0.1, -0.05) is 12.2 Å². The Balaban J connectivity index is 2.12. The molecule has 1 aliphatic rings. The van der Waals surface area contributed by atoms with Crippen LogP contribution in [0.3, 0.4) is 0 Å². The first kappa shape index (κ1) is 14.6. The average Bonchev–Trinajstić information content (AvgIpc) is 2.36. The molecule has 19 heavy (non-hydrogen) atoms. The maximum absolute atomic E-state index is 5.82. The molecule has 1 fully saturated rings. The van der Waals surface area contributed by atoms with E-state index in [0.717, 1.165) is 35.1 Å². The van der Waals surface area contributed by atoms with Gasteiger partial charge in [-0.15, -0.1) is 0 Å². The molecule has 0 bridgehead atoms. The molecule has 1 aliphatic heterocycles. The van der Waals surface area contributed by atoms with Gasteiger partial charge in [0.1, 0.15) is 10.8 Å². The summed E-state index contributed by atoms with van der Waals surface area (Å²) in [4.78, 5) is 4.98. The number of aryl methyl sites for hydroxylation is 2. The van der Waals surface area contributed by atoms with Gasteiger partial charge in [-0.2, -0.15) is 11.8 Å². The minimum absolute atomic E-state index is 0.423. The Bertz CT molecular complexity index is 468. The number of anilines is 1. The minimum Gasteiger partial charge on any atom is -0.389 e. The third-order valence-corrected chi connectivity index (χ3v) is 4.74. The minimum atomic E-state index is 0.423. The third kappa shape index (κ3) is 3.83. The standard InChI is InChI=1S/C14H21N3S2/c1-9-7-10(2)17-14(12(9)13(15)18)16-8-11-3-5-19-6-4-11/h7,11H,3-6,8H2,1-2H3,(H2,15,18)(H,16,17). The van der Waals surface area contributed by atoms with E-state index in [2.05, 4.69) is 10.3 Å². The van der Waals surface area contributed by atoms with Gasteiger partial charge >= 0.3 is 0 Å². The number of thiocarbonyl (C=S) groups is 1. The topological polar surface area (TPSA) is 50.9 Å². The predicted molar refractivity (Wildman–Crippen MR) is 88.1 cm³/mol. The number of aromatic nitrogens is 1. The van der Waals surface area contributed by atoms with Crippen molar-refractivity contribution in [3.05, 3.63) is 22.9 Å². The van der Waals surface area contributed by atoms with E-state index in [1.165, 1.54) is 24.3 Å². The number of pyridine rings is 1. The summed E-state index contributed by atoms with van der Waals surface area (Å²) in [5, 5.41) is 3.46. The number of hydrogen-bond acceptors (Lipinski definition) is 4. The first-order chi connectivity index (χ1) is 9.08. The fourth-order valence-corrected chi connectivity index (χ4v) is 3.93. The number of nitrogens with one attached hydrogen (secondary N) is 1. The Morgan fingerprint density at radius 2 is 2.16 bits per heavy atom. The molecule has 0 radical (unpaired) electrons. The van der Waals surface area contributed by atoms with Crippen LogP contribution in [0.5, 0.6) is 0 Å². The molecule has 1 saturated heterocycles. The molecular weight excluding hydrogens is 274 g/mol. The van der Waals surface area contributed by atoms with Gasteiger partial charge in [0.2, 0.25) is 0 Å². The lowest BCUT2D eigenvalue weighted by Crippen LogP contribution is -2.22. The third-order valence-electron chi connectivity index (χ3n) is 3.49. The molecule has 2 heterocycles. The van der Waals surface area contributed by atoms with E-state index >= 15 is 0 Å². The second-order valence-corrected chi connectivity index (χ2v) is 6.77. The lowest BCUT2D eigenvalue weighted by atomic mass is 10.0. The maximum atomic E-state index is 5.82. The van der Waals surface area contributed by atoms with Crippen molar-refractivity contribution in [3.63, 3.8) is 0 Å². The largest absolute Gasteiger partial charge is 0.389 e. The molecule has 0 atom stereocenters. The van der Waals surface area contributed by atoms with Crippen molar-refractivity contribution in [2.45, 2.75) is 26.7 Å². The van der Waals surface area contributed by atoms with Crippen molar-refractivity contribution in [2.75, 3.05) is 23.4 Å². The Hall–Kier alpha value is -0.810. The van der Waals surface area contributed by atoms with Gasteiger partial charge in [-0.05, 0) is 55.7 Å². The summed E-state index contributed by atoms with van der Waals surface area (Å²) >= 11 is 7.19. The van der Waals surface area contributed by atoms with Crippen LogP contribution in [-0.2, 0) is 0 Å². The highest BCUT2D eigenvalue weighted by molar-refractivity contribution is 7.99. The molecule has 0 aromatic carbocycles. The van der Waals surface area contributed by atoms with Crippen molar-refractivity contribution in [3.8, 4) is 0 Å². The van der Waals surface area contributed by atoms with Crippen molar-refractivity contribution in [2.24, 2.45) is 11.7 Å². The summed E-state index contributed by atoms with van der Waals surface area (Å²) in [5.74, 6) is 4.13. The van der Waals surface area contributed by atoms with Crippen LogP contribution >= 0.6 is 24.0 Å². The van der Waals surface area contributed by atoms with E-state index in [0.29, 0.717) is 4.99 Å². The molecule has 3 N–H and O–H groups in total. The quantitative estimate of drug-likeness (QED) is 0.837. The first-order valence-electron chi connectivity index (χ1n) is 6.67. The summed E-state index contributed by atoms with van der Waals surface area (Å²) in [6, 6.07) is 2.02. The van der Waals surface area contributed by atoms with Crippen molar-refractivity contribution < 1.29 is 0 Å². The van der Waals surface area contributed by atoms with Crippen LogP contribution in [0.1, 0.15) is 29.7 Å². The van der Waals surface area contributed by atoms with Gasteiger partial charge in [0.25, 0.3) is 0 Å². The number of rotatable bonds is 4. The Morgan fingerprint density at radius 1 is 1.47 bits per heavy atom. The fourth-order valence-electron chi connectivity index (χ4n) is 2.47. The zero-order chi connectivity index (χ0) is 13.8. The van der Waals surface area contributed by atoms with Gasteiger partial charge in [0.05, 0.1) is 5.56 Å². The highest BCUT2D eigenvalue weighted by Gasteiger charge is 2.16. The van der Waals surface area contributed by atoms with Gasteiger partial charge < -0.3 is 11.1 Å². The molecule has 0 unspecified atom stereocenters. The summed E-state index contributed by atoms with van der Waals surface area (Å²) < 4.78 is 0. The molecule has 1 aromatic rings. The van der Waals surface area contributed by atoms with Crippen molar-refractivity contribution in [1.29, 1.82) is 0 Å². The summed E-state index contributed by atoms with van der Waals surface area (Å²) in [6.45, 7) is 5.00. The van der Waals surface area contributed by atoms with Gasteiger partial charge in [0.15, 0.2) is 0 Å². The van der Waals surface area contributed by atoms with Crippen LogP contribution in [-0.4, -0.2) is 28.0 Å². The maximum Gasteiger partial charge on any atom is 0.136 e. The molecule has 5 heteroatoms. The van der Waals surface area contributed by atoms with Crippen LogP contribution in [0.2, 0.25) is 0 Å². The Labute approximate surface area is 124 Å². The van der Waals surface area contributed by atoms with E-state index in [1.54, 1.807) is 0 Å². The van der Waals surface area contributed by atoms with Crippen molar-refractivity contribution in [1.82, 2.24) is 4.98 Å². The second kappa shape index (κ2) is 6.57. The number of hydrogen-bond donors (Lipinski definition) is 2. The second-order valence-electron chi connectivity index (χ2n) is 5.11. The summed E-state index contributed by atoms with van der Waals surface area (Å²) in [7, 11) is 0. The number of nitrogens with zero attached hydrogens (tertiary/aromatic N) is 1. The van der Waals surface area contributed by atoms with E-state index < -0.39 is 0 Å². The number of thioether (sulfide) groups is 1. The fraction of sp³-hybridized carbons (Fsp3) is 0.571. The molecular formula is C14H21N3S2. The van der Waals surface area contributed by atoms with Crippen LogP contribution in [0, 0.1) is 19.8 Å². The van der Waals surface area contributed by atoms with Gasteiger partial charge in [-0.3, -0.25) is 0 Å². The Morgan fingerprint density at radius 3 is 2.79 bits per heavy atom. The molecule has 0 aliphatic carbocycles. The van der Waals surface area contributed by atoms with E-state index in [-0.39, 0.29) is 0 Å². The highest BCUT2D eigenvalue weighted by atomic mass is 32.2.